The Kier molecular flexibility index (Phi) is 6.04. The van der Waals surface area contributed by atoms with E-state index in [0.717, 1.165) is 18.8 Å². The molecular weight excluding hydrogens is 310 g/mol. The van der Waals surface area contributed by atoms with Gasteiger partial charge in [-0.1, -0.05) is 60.2 Å². The standard InChI is InChI=1S/C22H25NO2/c1-17-7-9-18(10-8-17)15-23-16-21-20-6-4-3-5-19(20)11-12-22(21)25-14-13-24-2/h3-12,23H,13-16H2,1-2H3. The van der Waals surface area contributed by atoms with Crippen molar-refractivity contribution >= 4 is 10.8 Å². The van der Waals surface area contributed by atoms with E-state index in [1.54, 1.807) is 7.11 Å². The van der Waals surface area contributed by atoms with E-state index in [4.69, 9.17) is 9.47 Å². The third-order valence-electron chi connectivity index (χ3n) is 4.29. The molecule has 0 amide bonds. The van der Waals surface area contributed by atoms with Crippen molar-refractivity contribution in [2.75, 3.05) is 20.3 Å². The topological polar surface area (TPSA) is 30.5 Å². The van der Waals surface area contributed by atoms with Crippen LogP contribution >= 0.6 is 0 Å². The third-order valence-corrected chi connectivity index (χ3v) is 4.29. The van der Waals surface area contributed by atoms with Crippen LogP contribution in [0.25, 0.3) is 10.8 Å². The molecule has 0 aliphatic heterocycles. The summed E-state index contributed by atoms with van der Waals surface area (Å²) in [5.41, 5.74) is 3.76. The maximum atomic E-state index is 5.94. The molecular formula is C22H25NO2. The van der Waals surface area contributed by atoms with E-state index < -0.39 is 0 Å². The number of hydrogen-bond acceptors (Lipinski definition) is 3. The zero-order valence-corrected chi connectivity index (χ0v) is 14.9. The van der Waals surface area contributed by atoms with E-state index in [-0.39, 0.29) is 0 Å². The molecule has 3 heteroatoms. The zero-order valence-electron chi connectivity index (χ0n) is 14.9. The van der Waals surface area contributed by atoms with Gasteiger partial charge in [0.05, 0.1) is 6.61 Å². The van der Waals surface area contributed by atoms with Crippen LogP contribution in [0.4, 0.5) is 0 Å². The molecule has 0 bridgehead atoms. The first-order chi connectivity index (χ1) is 12.3. The van der Waals surface area contributed by atoms with Gasteiger partial charge in [-0.05, 0) is 29.3 Å². The van der Waals surface area contributed by atoms with Gasteiger partial charge in [0.15, 0.2) is 0 Å². The molecule has 0 fully saturated rings. The molecule has 3 nitrogen and oxygen atoms in total. The smallest absolute Gasteiger partial charge is 0.124 e. The predicted molar refractivity (Wildman–Crippen MR) is 103 cm³/mol. The van der Waals surface area contributed by atoms with Gasteiger partial charge < -0.3 is 14.8 Å². The van der Waals surface area contributed by atoms with Crippen molar-refractivity contribution in [3.8, 4) is 5.75 Å². The van der Waals surface area contributed by atoms with Crippen molar-refractivity contribution in [1.29, 1.82) is 0 Å². The molecule has 0 heterocycles. The van der Waals surface area contributed by atoms with Crippen molar-refractivity contribution in [3.63, 3.8) is 0 Å². The summed E-state index contributed by atoms with van der Waals surface area (Å²) in [7, 11) is 1.69. The Morgan fingerprint density at radius 3 is 2.44 bits per heavy atom. The number of aryl methyl sites for hydroxylation is 1. The molecule has 0 radical (unpaired) electrons. The second-order valence-corrected chi connectivity index (χ2v) is 6.19. The van der Waals surface area contributed by atoms with E-state index >= 15 is 0 Å². The van der Waals surface area contributed by atoms with Crippen LogP contribution in [0.5, 0.6) is 5.75 Å². The monoisotopic (exact) mass is 335 g/mol. The number of rotatable bonds is 8. The Hall–Kier alpha value is -2.36. The van der Waals surface area contributed by atoms with Gasteiger partial charge in [-0.3, -0.25) is 0 Å². The fourth-order valence-electron chi connectivity index (χ4n) is 2.91. The molecule has 0 aliphatic carbocycles. The Morgan fingerprint density at radius 1 is 0.840 bits per heavy atom. The number of hydrogen-bond donors (Lipinski definition) is 1. The molecule has 0 spiro atoms. The zero-order chi connectivity index (χ0) is 17.5. The van der Waals surface area contributed by atoms with Gasteiger partial charge in [-0.25, -0.2) is 0 Å². The van der Waals surface area contributed by atoms with Gasteiger partial charge in [0.25, 0.3) is 0 Å². The second-order valence-electron chi connectivity index (χ2n) is 6.19. The fraction of sp³-hybridized carbons (Fsp3) is 0.273. The van der Waals surface area contributed by atoms with E-state index in [9.17, 15) is 0 Å². The average Bonchev–Trinajstić information content (AvgIpc) is 2.64. The molecule has 0 saturated heterocycles. The minimum absolute atomic E-state index is 0.555. The van der Waals surface area contributed by atoms with Crippen LogP contribution in [0.15, 0.2) is 60.7 Å². The lowest BCUT2D eigenvalue weighted by Crippen LogP contribution is -2.15. The first-order valence-corrected chi connectivity index (χ1v) is 8.66. The highest BCUT2D eigenvalue weighted by atomic mass is 16.5. The molecule has 3 aromatic rings. The Balaban J connectivity index is 1.76. The summed E-state index contributed by atoms with van der Waals surface area (Å²) in [4.78, 5) is 0. The van der Waals surface area contributed by atoms with E-state index in [2.05, 4.69) is 72.9 Å². The molecule has 3 rings (SSSR count). The predicted octanol–water partition coefficient (Wildman–Crippen LogP) is 4.46. The molecule has 0 aromatic heterocycles. The largest absolute Gasteiger partial charge is 0.491 e. The summed E-state index contributed by atoms with van der Waals surface area (Å²) in [5.74, 6) is 0.923. The van der Waals surface area contributed by atoms with E-state index in [1.165, 1.54) is 27.5 Å². The summed E-state index contributed by atoms with van der Waals surface area (Å²) in [6.45, 7) is 4.85. The van der Waals surface area contributed by atoms with Gasteiger partial charge in [0.1, 0.15) is 12.4 Å². The van der Waals surface area contributed by atoms with Crippen LogP contribution in [0.2, 0.25) is 0 Å². The van der Waals surface area contributed by atoms with Gasteiger partial charge >= 0.3 is 0 Å². The van der Waals surface area contributed by atoms with Crippen molar-refractivity contribution < 1.29 is 9.47 Å². The highest BCUT2D eigenvalue weighted by molar-refractivity contribution is 5.87. The lowest BCUT2D eigenvalue weighted by molar-refractivity contribution is 0.146. The van der Waals surface area contributed by atoms with Crippen LogP contribution in [0, 0.1) is 6.92 Å². The Labute approximate surface area is 149 Å². The number of methoxy groups -OCH3 is 1. The highest BCUT2D eigenvalue weighted by Crippen LogP contribution is 2.28. The number of ether oxygens (including phenoxy) is 2. The molecule has 0 atom stereocenters. The van der Waals surface area contributed by atoms with Gasteiger partial charge in [-0.15, -0.1) is 0 Å². The van der Waals surface area contributed by atoms with Crippen LogP contribution in [-0.2, 0) is 17.8 Å². The summed E-state index contributed by atoms with van der Waals surface area (Å²) >= 11 is 0. The van der Waals surface area contributed by atoms with Crippen LogP contribution in [0.1, 0.15) is 16.7 Å². The van der Waals surface area contributed by atoms with Crippen LogP contribution < -0.4 is 10.1 Å². The van der Waals surface area contributed by atoms with E-state index in [0.29, 0.717) is 13.2 Å². The maximum Gasteiger partial charge on any atom is 0.124 e. The van der Waals surface area contributed by atoms with Crippen molar-refractivity contribution in [2.24, 2.45) is 0 Å². The molecule has 0 saturated carbocycles. The molecule has 1 N–H and O–H groups in total. The van der Waals surface area contributed by atoms with Crippen molar-refractivity contribution in [2.45, 2.75) is 20.0 Å². The van der Waals surface area contributed by atoms with Gasteiger partial charge in [-0.2, -0.15) is 0 Å². The lowest BCUT2D eigenvalue weighted by Gasteiger charge is -2.15. The SMILES string of the molecule is COCCOc1ccc2ccccc2c1CNCc1ccc(C)cc1. The number of nitrogens with one attached hydrogen (secondary N) is 1. The van der Waals surface area contributed by atoms with Gasteiger partial charge in [0.2, 0.25) is 0 Å². The molecule has 130 valence electrons. The molecule has 25 heavy (non-hydrogen) atoms. The van der Waals surface area contributed by atoms with Crippen molar-refractivity contribution in [1.82, 2.24) is 5.32 Å². The summed E-state index contributed by atoms with van der Waals surface area (Å²) in [6, 6.07) is 21.2. The first kappa shape index (κ1) is 17.5. The second kappa shape index (κ2) is 8.65. The number of fused-ring (bicyclic) bond motifs is 1. The number of benzene rings is 3. The summed E-state index contributed by atoms with van der Waals surface area (Å²) in [5, 5.41) is 6.01. The molecule has 0 unspecified atom stereocenters. The van der Waals surface area contributed by atoms with Gasteiger partial charge in [0, 0.05) is 25.8 Å². The quantitative estimate of drug-likeness (QED) is 0.616. The Morgan fingerprint density at radius 2 is 1.64 bits per heavy atom. The average molecular weight is 335 g/mol. The van der Waals surface area contributed by atoms with E-state index in [1.807, 2.05) is 0 Å². The van der Waals surface area contributed by atoms with Crippen LogP contribution in [0.3, 0.4) is 0 Å². The first-order valence-electron chi connectivity index (χ1n) is 8.66. The minimum atomic E-state index is 0.555. The lowest BCUT2D eigenvalue weighted by atomic mass is 10.0. The molecule has 0 aliphatic rings. The summed E-state index contributed by atoms with van der Waals surface area (Å²) < 4.78 is 11.0. The maximum absolute atomic E-state index is 5.94. The Bertz CT molecular complexity index is 812. The molecule has 3 aromatic carbocycles. The normalized spacial score (nSPS) is 11.0. The minimum Gasteiger partial charge on any atom is -0.491 e. The third kappa shape index (κ3) is 4.59. The van der Waals surface area contributed by atoms with Crippen LogP contribution in [-0.4, -0.2) is 20.3 Å². The fourth-order valence-corrected chi connectivity index (χ4v) is 2.91. The highest BCUT2D eigenvalue weighted by Gasteiger charge is 2.09. The van der Waals surface area contributed by atoms with Crippen molar-refractivity contribution in [3.05, 3.63) is 77.4 Å². The summed E-state index contributed by atoms with van der Waals surface area (Å²) in [6.07, 6.45) is 0.